The van der Waals surface area contributed by atoms with Crippen molar-refractivity contribution in [3.63, 3.8) is 0 Å². The van der Waals surface area contributed by atoms with E-state index in [2.05, 4.69) is 9.97 Å². The molecule has 0 saturated heterocycles. The zero-order valence-corrected chi connectivity index (χ0v) is 10.3. The monoisotopic (exact) mass is 244 g/mol. The number of aromatic nitrogens is 2. The molecular formula is C13H16N4O. The van der Waals surface area contributed by atoms with E-state index in [1.165, 1.54) is 5.56 Å². The van der Waals surface area contributed by atoms with E-state index >= 15 is 0 Å². The number of ether oxygens (including phenoxy) is 1. The number of hydrogen-bond donors (Lipinski definition) is 2. The Morgan fingerprint density at radius 1 is 1.11 bits per heavy atom. The average molecular weight is 244 g/mol. The Morgan fingerprint density at radius 2 is 1.83 bits per heavy atom. The van der Waals surface area contributed by atoms with E-state index in [-0.39, 0.29) is 5.95 Å². The quantitative estimate of drug-likeness (QED) is 0.851. The first-order valence-electron chi connectivity index (χ1n) is 5.67. The van der Waals surface area contributed by atoms with Gasteiger partial charge in [-0.2, -0.15) is 4.98 Å². The molecule has 0 aliphatic rings. The molecule has 5 nitrogen and oxygen atoms in total. The summed E-state index contributed by atoms with van der Waals surface area (Å²) in [6.07, 6.45) is 0.894. The molecule has 1 aromatic carbocycles. The number of nitrogen functional groups attached to an aromatic ring is 2. The van der Waals surface area contributed by atoms with Crippen LogP contribution < -0.4 is 11.5 Å². The van der Waals surface area contributed by atoms with E-state index in [4.69, 9.17) is 16.2 Å². The molecule has 0 aliphatic heterocycles. The second-order valence-electron chi connectivity index (χ2n) is 3.98. The smallest absolute Gasteiger partial charge is 0.222 e. The van der Waals surface area contributed by atoms with Gasteiger partial charge in [0.1, 0.15) is 5.82 Å². The third-order valence-corrected chi connectivity index (χ3v) is 2.61. The van der Waals surface area contributed by atoms with Gasteiger partial charge in [0.2, 0.25) is 5.95 Å². The lowest BCUT2D eigenvalue weighted by Gasteiger charge is -2.05. The van der Waals surface area contributed by atoms with Gasteiger partial charge < -0.3 is 16.2 Å². The van der Waals surface area contributed by atoms with E-state index in [1.807, 2.05) is 24.3 Å². The largest absolute Gasteiger partial charge is 0.384 e. The van der Waals surface area contributed by atoms with Gasteiger partial charge in [0.05, 0.1) is 12.3 Å². The minimum absolute atomic E-state index is 0.188. The fourth-order valence-corrected chi connectivity index (χ4v) is 1.70. The van der Waals surface area contributed by atoms with Gasteiger partial charge >= 0.3 is 0 Å². The summed E-state index contributed by atoms with van der Waals surface area (Å²) in [5, 5.41) is 0. The van der Waals surface area contributed by atoms with Crippen LogP contribution in [0.4, 0.5) is 11.8 Å². The summed E-state index contributed by atoms with van der Waals surface area (Å²) in [6, 6.07) is 9.78. The molecule has 0 aliphatic carbocycles. The summed E-state index contributed by atoms with van der Waals surface area (Å²) in [5.74, 6) is 0.564. The maximum atomic E-state index is 5.64. The Bertz CT molecular complexity index is 505. The maximum Gasteiger partial charge on any atom is 0.222 e. The molecule has 94 valence electrons. The highest BCUT2D eigenvalue weighted by molar-refractivity contribution is 5.63. The van der Waals surface area contributed by atoms with Gasteiger partial charge in [-0.05, 0) is 12.0 Å². The standard InChI is InChI=1S/C13H16N4O/c1-18-7-6-9-2-4-10(5-3-9)11-8-12(14)17-13(15)16-11/h2-5,8H,6-7H2,1H3,(H4,14,15,16,17). The van der Waals surface area contributed by atoms with E-state index in [1.54, 1.807) is 13.2 Å². The zero-order valence-electron chi connectivity index (χ0n) is 10.3. The molecule has 1 heterocycles. The van der Waals surface area contributed by atoms with Gasteiger partial charge in [0.25, 0.3) is 0 Å². The molecule has 0 spiro atoms. The Kier molecular flexibility index (Phi) is 3.74. The number of anilines is 2. The summed E-state index contributed by atoms with van der Waals surface area (Å²) in [7, 11) is 1.70. The van der Waals surface area contributed by atoms with Crippen molar-refractivity contribution in [3.05, 3.63) is 35.9 Å². The van der Waals surface area contributed by atoms with E-state index in [0.29, 0.717) is 12.4 Å². The second-order valence-corrected chi connectivity index (χ2v) is 3.98. The molecule has 0 bridgehead atoms. The van der Waals surface area contributed by atoms with Crippen LogP contribution in [0.25, 0.3) is 11.3 Å². The molecule has 0 saturated carbocycles. The molecule has 1 aromatic heterocycles. The first-order chi connectivity index (χ1) is 8.69. The van der Waals surface area contributed by atoms with E-state index in [9.17, 15) is 0 Å². The predicted octanol–water partition coefficient (Wildman–Crippen LogP) is 1.50. The number of nitrogens with two attached hydrogens (primary N) is 2. The molecule has 0 fully saturated rings. The van der Waals surface area contributed by atoms with Crippen molar-refractivity contribution in [1.29, 1.82) is 0 Å². The summed E-state index contributed by atoms with van der Waals surface area (Å²) >= 11 is 0. The van der Waals surface area contributed by atoms with Crippen LogP contribution in [0.5, 0.6) is 0 Å². The molecule has 0 atom stereocenters. The van der Waals surface area contributed by atoms with Crippen LogP contribution in [0.15, 0.2) is 30.3 Å². The highest BCUT2D eigenvalue weighted by atomic mass is 16.5. The van der Waals surface area contributed by atoms with E-state index < -0.39 is 0 Å². The van der Waals surface area contributed by atoms with Crippen molar-refractivity contribution in [3.8, 4) is 11.3 Å². The van der Waals surface area contributed by atoms with Crippen LogP contribution in [0, 0.1) is 0 Å². The third kappa shape index (κ3) is 2.95. The summed E-state index contributed by atoms with van der Waals surface area (Å²) in [5.41, 5.74) is 14.1. The molecule has 2 rings (SSSR count). The normalized spacial score (nSPS) is 10.5. The predicted molar refractivity (Wildman–Crippen MR) is 71.9 cm³/mol. The number of methoxy groups -OCH3 is 1. The number of hydrogen-bond acceptors (Lipinski definition) is 5. The molecule has 0 amide bonds. The molecule has 5 heteroatoms. The van der Waals surface area contributed by atoms with Crippen LogP contribution in [0.2, 0.25) is 0 Å². The molecule has 18 heavy (non-hydrogen) atoms. The fraction of sp³-hybridized carbons (Fsp3) is 0.231. The highest BCUT2D eigenvalue weighted by Crippen LogP contribution is 2.20. The van der Waals surface area contributed by atoms with Gasteiger partial charge in [0.15, 0.2) is 0 Å². The van der Waals surface area contributed by atoms with Gasteiger partial charge in [0, 0.05) is 18.7 Å². The number of rotatable bonds is 4. The van der Waals surface area contributed by atoms with Crippen LogP contribution in [-0.2, 0) is 11.2 Å². The molecule has 0 unspecified atom stereocenters. The Hall–Kier alpha value is -2.14. The Balaban J connectivity index is 2.23. The number of nitrogens with zero attached hydrogens (tertiary/aromatic N) is 2. The lowest BCUT2D eigenvalue weighted by atomic mass is 10.1. The molecule has 0 radical (unpaired) electrons. The first kappa shape index (κ1) is 12.3. The first-order valence-corrected chi connectivity index (χ1v) is 5.67. The Labute approximate surface area is 106 Å². The van der Waals surface area contributed by atoms with Crippen LogP contribution >= 0.6 is 0 Å². The van der Waals surface area contributed by atoms with Gasteiger partial charge in [-0.15, -0.1) is 0 Å². The van der Waals surface area contributed by atoms with Crippen LogP contribution in [0.3, 0.4) is 0 Å². The minimum atomic E-state index is 0.188. The molecule has 2 aromatic rings. The van der Waals surface area contributed by atoms with Crippen molar-refractivity contribution in [2.75, 3.05) is 25.2 Å². The lowest BCUT2D eigenvalue weighted by Crippen LogP contribution is -2.00. The fourth-order valence-electron chi connectivity index (χ4n) is 1.70. The summed E-state index contributed by atoms with van der Waals surface area (Å²) in [4.78, 5) is 8.00. The minimum Gasteiger partial charge on any atom is -0.384 e. The van der Waals surface area contributed by atoms with Crippen LogP contribution in [0.1, 0.15) is 5.56 Å². The van der Waals surface area contributed by atoms with Gasteiger partial charge in [-0.25, -0.2) is 4.98 Å². The van der Waals surface area contributed by atoms with Crippen molar-refractivity contribution in [2.24, 2.45) is 0 Å². The highest BCUT2D eigenvalue weighted by Gasteiger charge is 2.03. The molecule has 4 N–H and O–H groups in total. The second kappa shape index (κ2) is 5.46. The van der Waals surface area contributed by atoms with E-state index in [0.717, 1.165) is 17.7 Å². The van der Waals surface area contributed by atoms with Crippen molar-refractivity contribution >= 4 is 11.8 Å². The summed E-state index contributed by atoms with van der Waals surface area (Å²) in [6.45, 7) is 0.715. The van der Waals surface area contributed by atoms with Crippen molar-refractivity contribution in [1.82, 2.24) is 9.97 Å². The van der Waals surface area contributed by atoms with Crippen molar-refractivity contribution in [2.45, 2.75) is 6.42 Å². The van der Waals surface area contributed by atoms with Crippen LogP contribution in [-0.4, -0.2) is 23.7 Å². The SMILES string of the molecule is COCCc1ccc(-c2cc(N)nc(N)n2)cc1. The van der Waals surface area contributed by atoms with Gasteiger partial charge in [-0.1, -0.05) is 24.3 Å². The maximum absolute atomic E-state index is 5.64. The van der Waals surface area contributed by atoms with Gasteiger partial charge in [-0.3, -0.25) is 0 Å². The zero-order chi connectivity index (χ0) is 13.0. The summed E-state index contributed by atoms with van der Waals surface area (Å²) < 4.78 is 5.04. The third-order valence-electron chi connectivity index (χ3n) is 2.61. The molecular weight excluding hydrogens is 228 g/mol. The average Bonchev–Trinajstić information content (AvgIpc) is 2.36. The lowest BCUT2D eigenvalue weighted by molar-refractivity contribution is 0.202. The number of benzene rings is 1. The Morgan fingerprint density at radius 3 is 2.44 bits per heavy atom. The van der Waals surface area contributed by atoms with Crippen molar-refractivity contribution < 1.29 is 4.74 Å². The topological polar surface area (TPSA) is 87.0 Å².